The second-order valence-electron chi connectivity index (χ2n) is 7.38. The Morgan fingerprint density at radius 2 is 1.83 bits per heavy atom. The van der Waals surface area contributed by atoms with Crippen LogP contribution < -0.4 is 24.2 Å². The number of fused-ring (bicyclic) bond motifs is 1. The molecule has 10 nitrogen and oxygen atoms in total. The zero-order valence-electron chi connectivity index (χ0n) is 18.8. The summed E-state index contributed by atoms with van der Waals surface area (Å²) in [6.45, 7) is 0. The molecule has 1 aromatic heterocycles. The van der Waals surface area contributed by atoms with Gasteiger partial charge in [-0.15, -0.1) is 0 Å². The smallest absolute Gasteiger partial charge is 0.274 e. The van der Waals surface area contributed by atoms with Gasteiger partial charge in [0, 0.05) is 23.4 Å². The average Bonchev–Trinajstić information content (AvgIpc) is 3.15. The van der Waals surface area contributed by atoms with Crippen molar-refractivity contribution in [2.45, 2.75) is 10.8 Å². The molecule has 2 N–H and O–H groups in total. The van der Waals surface area contributed by atoms with E-state index in [1.165, 1.54) is 57.9 Å². The first-order valence-corrected chi connectivity index (χ1v) is 11.9. The normalized spacial score (nSPS) is 15.0. The van der Waals surface area contributed by atoms with Crippen molar-refractivity contribution in [1.29, 1.82) is 0 Å². The number of halogens is 1. The Kier molecular flexibility index (Phi) is 6.30. The van der Waals surface area contributed by atoms with Crippen LogP contribution >= 0.6 is 11.6 Å². The lowest BCUT2D eigenvalue weighted by Crippen LogP contribution is -2.35. The predicted octanol–water partition coefficient (Wildman–Crippen LogP) is 2.73. The molecule has 2 aromatic carbocycles. The number of benzene rings is 2. The van der Waals surface area contributed by atoms with E-state index < -0.39 is 27.8 Å². The van der Waals surface area contributed by atoms with Crippen LogP contribution in [0.4, 0.5) is 5.69 Å². The number of aromatic nitrogens is 1. The summed E-state index contributed by atoms with van der Waals surface area (Å²) in [5.74, 6) is -2.68. The lowest BCUT2D eigenvalue weighted by molar-refractivity contribution is -0.117. The summed E-state index contributed by atoms with van der Waals surface area (Å²) in [6.07, 6.45) is 1.45. The molecule has 0 saturated carbocycles. The van der Waals surface area contributed by atoms with E-state index in [9.17, 15) is 18.0 Å². The number of anilines is 1. The van der Waals surface area contributed by atoms with Crippen LogP contribution in [0.1, 0.15) is 27.4 Å². The number of carbonyl (C=O) groups is 2. The molecule has 1 aliphatic rings. The molecular formula is C23H20ClN3O7S. The molecule has 0 radical (unpaired) electrons. The van der Waals surface area contributed by atoms with Gasteiger partial charge in [0.1, 0.15) is 16.4 Å². The summed E-state index contributed by atoms with van der Waals surface area (Å²) in [4.78, 5) is 30.1. The minimum atomic E-state index is -4.54. The molecule has 0 spiro atoms. The average molecular weight is 518 g/mol. The minimum Gasteiger partial charge on any atom is -0.497 e. The number of nitrogens with zero attached hydrogens (tertiary/aromatic N) is 2. The van der Waals surface area contributed by atoms with Crippen LogP contribution in [0.15, 0.2) is 53.6 Å². The van der Waals surface area contributed by atoms with E-state index >= 15 is 0 Å². The highest BCUT2D eigenvalue weighted by atomic mass is 35.5. The molecule has 0 saturated heterocycles. The lowest BCUT2D eigenvalue weighted by atomic mass is 9.89. The number of amides is 2. The standard InChI is InChI=1S/C23H20ClN3O7S/c1-32-12-6-9-17(16(11-12)33-2)35(30,31)27-15-8-7-14(24)19(21(25)28)20(15)18(23(27)29)13-5-4-10-26-22(13)34-3/h4-11,18H,1-3H3,(H2,25,28). The zero-order chi connectivity index (χ0) is 25.5. The van der Waals surface area contributed by atoms with Crippen LogP contribution in [0, 0.1) is 0 Å². The van der Waals surface area contributed by atoms with Gasteiger partial charge in [-0.1, -0.05) is 17.7 Å². The zero-order valence-corrected chi connectivity index (χ0v) is 20.4. The first-order chi connectivity index (χ1) is 16.7. The number of methoxy groups -OCH3 is 3. The topological polar surface area (TPSA) is 138 Å². The van der Waals surface area contributed by atoms with Crippen molar-refractivity contribution in [2.75, 3.05) is 25.6 Å². The van der Waals surface area contributed by atoms with Crippen molar-refractivity contribution < 1.29 is 32.2 Å². The first-order valence-electron chi connectivity index (χ1n) is 10.1. The molecule has 0 aliphatic carbocycles. The molecule has 35 heavy (non-hydrogen) atoms. The highest BCUT2D eigenvalue weighted by Crippen LogP contribution is 2.49. The second kappa shape index (κ2) is 9.08. The Hall–Kier alpha value is -3.83. The highest BCUT2D eigenvalue weighted by molar-refractivity contribution is 7.93. The van der Waals surface area contributed by atoms with Crippen molar-refractivity contribution in [1.82, 2.24) is 4.98 Å². The van der Waals surface area contributed by atoms with Crippen molar-refractivity contribution in [2.24, 2.45) is 5.73 Å². The first kappa shape index (κ1) is 24.3. The summed E-state index contributed by atoms with van der Waals surface area (Å²) in [5, 5.41) is -0.0295. The molecule has 3 aromatic rings. The van der Waals surface area contributed by atoms with Gasteiger partial charge in [-0.25, -0.2) is 17.7 Å². The number of pyridine rings is 1. The third-order valence-electron chi connectivity index (χ3n) is 5.57. The number of hydrogen-bond donors (Lipinski definition) is 1. The van der Waals surface area contributed by atoms with Gasteiger partial charge < -0.3 is 19.9 Å². The number of ether oxygens (including phenoxy) is 3. The lowest BCUT2D eigenvalue weighted by Gasteiger charge is -2.20. The van der Waals surface area contributed by atoms with E-state index in [0.717, 1.165) is 0 Å². The second-order valence-corrected chi connectivity index (χ2v) is 9.54. The molecule has 12 heteroatoms. The van der Waals surface area contributed by atoms with E-state index in [0.29, 0.717) is 10.1 Å². The Morgan fingerprint density at radius 1 is 1.09 bits per heavy atom. The van der Waals surface area contributed by atoms with Crippen molar-refractivity contribution >= 4 is 39.1 Å². The van der Waals surface area contributed by atoms with Crippen LogP contribution in [-0.2, 0) is 14.8 Å². The van der Waals surface area contributed by atoms with E-state index in [1.54, 1.807) is 12.1 Å². The van der Waals surface area contributed by atoms with Gasteiger partial charge in [0.15, 0.2) is 0 Å². The third kappa shape index (κ3) is 3.82. The molecule has 1 unspecified atom stereocenters. The molecule has 182 valence electrons. The molecule has 1 aliphatic heterocycles. The molecule has 4 rings (SSSR count). The SMILES string of the molecule is COc1ccc(S(=O)(=O)N2C(=O)C(c3cccnc3OC)c3c2ccc(Cl)c3C(N)=O)c(OC)c1. The summed E-state index contributed by atoms with van der Waals surface area (Å²) in [6, 6.07) is 9.84. The number of nitrogens with two attached hydrogens (primary N) is 1. The molecule has 0 fully saturated rings. The Labute approximate surface area is 206 Å². The van der Waals surface area contributed by atoms with Crippen LogP contribution in [0.3, 0.4) is 0 Å². The highest BCUT2D eigenvalue weighted by Gasteiger charge is 2.49. The number of hydrogen-bond acceptors (Lipinski definition) is 8. The maximum atomic E-state index is 13.9. The van der Waals surface area contributed by atoms with Crippen LogP contribution in [0.5, 0.6) is 17.4 Å². The molecular weight excluding hydrogens is 498 g/mol. The Morgan fingerprint density at radius 3 is 2.46 bits per heavy atom. The molecule has 2 heterocycles. The van der Waals surface area contributed by atoms with E-state index in [4.69, 9.17) is 31.5 Å². The van der Waals surface area contributed by atoms with Gasteiger partial charge in [0.2, 0.25) is 5.88 Å². The Balaban J connectivity index is 2.03. The van der Waals surface area contributed by atoms with Gasteiger partial charge >= 0.3 is 0 Å². The maximum absolute atomic E-state index is 13.9. The number of rotatable bonds is 7. The predicted molar refractivity (Wildman–Crippen MR) is 127 cm³/mol. The van der Waals surface area contributed by atoms with Gasteiger partial charge in [-0.2, -0.15) is 0 Å². The van der Waals surface area contributed by atoms with E-state index in [2.05, 4.69) is 4.98 Å². The number of carbonyl (C=O) groups excluding carboxylic acids is 2. The molecule has 1 atom stereocenters. The fourth-order valence-corrected chi connectivity index (χ4v) is 5.93. The van der Waals surface area contributed by atoms with E-state index in [-0.39, 0.29) is 43.9 Å². The fourth-order valence-electron chi connectivity index (χ4n) is 4.08. The van der Waals surface area contributed by atoms with Gasteiger partial charge in [-0.05, 0) is 30.3 Å². The van der Waals surface area contributed by atoms with Crippen LogP contribution in [0.25, 0.3) is 0 Å². The summed E-state index contributed by atoms with van der Waals surface area (Å²) >= 11 is 6.28. The Bertz CT molecular complexity index is 1460. The third-order valence-corrected chi connectivity index (χ3v) is 7.63. The number of primary amides is 1. The minimum absolute atomic E-state index is 0.0295. The summed E-state index contributed by atoms with van der Waals surface area (Å²) in [5.41, 5.74) is 5.64. The largest absolute Gasteiger partial charge is 0.497 e. The summed E-state index contributed by atoms with van der Waals surface area (Å²) < 4.78 is 44.1. The molecule has 2 amide bonds. The maximum Gasteiger partial charge on any atom is 0.274 e. The molecule has 0 bridgehead atoms. The fraction of sp³-hybridized carbons (Fsp3) is 0.174. The van der Waals surface area contributed by atoms with Gasteiger partial charge in [0.05, 0.1) is 43.5 Å². The quantitative estimate of drug-likeness (QED) is 0.505. The van der Waals surface area contributed by atoms with Crippen molar-refractivity contribution in [3.8, 4) is 17.4 Å². The van der Waals surface area contributed by atoms with Crippen LogP contribution in [-0.4, -0.2) is 46.5 Å². The van der Waals surface area contributed by atoms with Crippen LogP contribution in [0.2, 0.25) is 5.02 Å². The van der Waals surface area contributed by atoms with Gasteiger partial charge in [0.25, 0.3) is 21.8 Å². The van der Waals surface area contributed by atoms with E-state index in [1.807, 2.05) is 0 Å². The monoisotopic (exact) mass is 517 g/mol. The number of sulfonamides is 1. The van der Waals surface area contributed by atoms with Crippen molar-refractivity contribution in [3.63, 3.8) is 0 Å². The van der Waals surface area contributed by atoms with Gasteiger partial charge in [-0.3, -0.25) is 9.59 Å². The van der Waals surface area contributed by atoms with Crippen molar-refractivity contribution in [3.05, 3.63) is 70.4 Å². The summed E-state index contributed by atoms with van der Waals surface area (Å²) in [7, 11) is -0.467.